The van der Waals surface area contributed by atoms with Crippen molar-refractivity contribution >= 4 is 34.3 Å². The molecule has 2 aromatic rings. The molecule has 4 N–H and O–H groups in total. The Balaban J connectivity index is 1.62. The second-order valence-electron chi connectivity index (χ2n) is 8.53. The minimum absolute atomic E-state index is 0.0134. The van der Waals surface area contributed by atoms with E-state index in [0.717, 1.165) is 30.0 Å². The first-order valence-corrected chi connectivity index (χ1v) is 11.6. The van der Waals surface area contributed by atoms with E-state index in [0.29, 0.717) is 12.8 Å². The van der Waals surface area contributed by atoms with Crippen molar-refractivity contribution in [1.29, 1.82) is 0 Å². The van der Waals surface area contributed by atoms with Gasteiger partial charge in [-0.3, -0.25) is 19.9 Å². The van der Waals surface area contributed by atoms with Gasteiger partial charge in [-0.2, -0.15) is 30.7 Å². The van der Waals surface area contributed by atoms with Gasteiger partial charge in [-0.1, -0.05) is 0 Å². The number of aromatic nitrogens is 1. The van der Waals surface area contributed by atoms with Crippen molar-refractivity contribution in [3.8, 4) is 0 Å². The smallest absolute Gasteiger partial charge is 0.394 e. The summed E-state index contributed by atoms with van der Waals surface area (Å²) in [6.07, 6.45) is -5.68. The van der Waals surface area contributed by atoms with E-state index in [2.05, 4.69) is 21.2 Å². The molecule has 1 aromatic carbocycles. The summed E-state index contributed by atoms with van der Waals surface area (Å²) in [5, 5.41) is 28.4. The number of amides is 1. The van der Waals surface area contributed by atoms with Crippen LogP contribution in [0.25, 0.3) is 0 Å². The van der Waals surface area contributed by atoms with Crippen LogP contribution in [-0.2, 0) is 5.92 Å². The zero-order valence-electron chi connectivity index (χ0n) is 19.4. The van der Waals surface area contributed by atoms with Gasteiger partial charge in [0.1, 0.15) is 0 Å². The lowest BCUT2D eigenvalue weighted by Gasteiger charge is -2.28. The second kappa shape index (κ2) is 10.0. The van der Waals surface area contributed by atoms with Gasteiger partial charge >= 0.3 is 18.0 Å². The summed E-state index contributed by atoms with van der Waals surface area (Å²) in [4.78, 5) is 26.4. The van der Waals surface area contributed by atoms with E-state index in [1.54, 1.807) is 0 Å². The minimum Gasteiger partial charge on any atom is -0.394 e. The number of nitrogens with zero attached hydrogens (tertiary/aromatic N) is 4. The van der Waals surface area contributed by atoms with E-state index in [-0.39, 0.29) is 28.9 Å². The van der Waals surface area contributed by atoms with E-state index in [1.807, 2.05) is 5.32 Å². The van der Waals surface area contributed by atoms with Crippen molar-refractivity contribution in [3.05, 3.63) is 57.5 Å². The summed E-state index contributed by atoms with van der Waals surface area (Å²) in [5.74, 6) is -16.8. The lowest BCUT2D eigenvalue weighted by molar-refractivity contribution is -0.384. The first kappa shape index (κ1) is 29.2. The van der Waals surface area contributed by atoms with Crippen LogP contribution >= 0.6 is 11.8 Å². The first-order valence-electron chi connectivity index (χ1n) is 10.8. The Morgan fingerprint density at radius 1 is 1.20 bits per heavy atom. The third-order valence-corrected chi connectivity index (χ3v) is 6.94. The number of pyridine rings is 1. The monoisotopic (exact) mass is 601 g/mol. The number of carbonyl (C=O) groups is 1. The van der Waals surface area contributed by atoms with Crippen molar-refractivity contribution < 1.29 is 49.9 Å². The molecular weight excluding hydrogens is 586 g/mol. The highest BCUT2D eigenvalue weighted by Crippen LogP contribution is 2.52. The molecule has 20 heteroatoms. The van der Waals surface area contributed by atoms with E-state index in [4.69, 9.17) is 0 Å². The van der Waals surface area contributed by atoms with Gasteiger partial charge in [0.25, 0.3) is 11.6 Å². The highest BCUT2D eigenvalue weighted by Gasteiger charge is 2.73. The Morgan fingerprint density at radius 2 is 1.88 bits per heavy atom. The summed E-state index contributed by atoms with van der Waals surface area (Å²) in [7, 11) is 0. The molecule has 0 atom stereocenters. The number of anilines is 1. The Morgan fingerprint density at radius 3 is 2.42 bits per heavy atom. The minimum atomic E-state index is -6.67. The predicted molar refractivity (Wildman–Crippen MR) is 121 cm³/mol. The van der Waals surface area contributed by atoms with Gasteiger partial charge in [-0.15, -0.1) is 10.6 Å². The number of carbonyl (C=O) groups excluding carboxylic acids is 1. The Labute approximate surface area is 221 Å². The van der Waals surface area contributed by atoms with E-state index < -0.39 is 62.8 Å². The number of rotatable bonds is 8. The van der Waals surface area contributed by atoms with Crippen LogP contribution in [0.4, 0.5) is 46.6 Å². The van der Waals surface area contributed by atoms with Crippen molar-refractivity contribution in [2.45, 2.75) is 41.3 Å². The van der Waals surface area contributed by atoms with Crippen LogP contribution in [0.3, 0.4) is 0 Å². The van der Waals surface area contributed by atoms with Crippen molar-refractivity contribution in [1.82, 2.24) is 21.1 Å². The lowest BCUT2D eigenvalue weighted by Crippen LogP contribution is -2.50. The molecule has 11 nitrogen and oxygen atoms in total. The van der Waals surface area contributed by atoms with Crippen LogP contribution < -0.4 is 16.4 Å². The molecule has 1 amide bonds. The molecule has 1 saturated carbocycles. The van der Waals surface area contributed by atoms with Gasteiger partial charge < -0.3 is 10.4 Å². The van der Waals surface area contributed by atoms with Crippen LogP contribution in [-0.4, -0.2) is 55.3 Å². The standard InChI is InChI=1S/C20H15F8N7O4S/c21-12-5-9(18(22,23)19(24,25)20(26,27)28)7-29-14(12)30-15(37)11-6-10(35(38)39)1-2-13(11)40-16-31-32-33-34(16)17(8-36)3-4-17/h1-2,5-7,32-33,36H,3-4,8H2,(H,29,30,37). The molecule has 2 heterocycles. The van der Waals surface area contributed by atoms with Crippen LogP contribution in [0.15, 0.2) is 40.5 Å². The fourth-order valence-corrected chi connectivity index (χ4v) is 4.46. The number of alkyl halides is 7. The molecule has 1 aromatic heterocycles. The molecule has 0 bridgehead atoms. The number of hydrogen-bond acceptors (Lipinski definition) is 10. The molecule has 1 aliphatic heterocycles. The normalized spacial score (nSPS) is 16.8. The number of benzene rings is 1. The molecule has 1 aliphatic carbocycles. The maximum Gasteiger partial charge on any atom is 0.460 e. The quantitative estimate of drug-likeness (QED) is 0.201. The number of hydrazone groups is 1. The number of halogens is 8. The van der Waals surface area contributed by atoms with Crippen LogP contribution in [0, 0.1) is 15.9 Å². The summed E-state index contributed by atoms with van der Waals surface area (Å²) in [6.45, 7) is -0.260. The summed E-state index contributed by atoms with van der Waals surface area (Å²) in [5.41, 5.74) is 1.30. The highest BCUT2D eigenvalue weighted by atomic mass is 32.2. The number of nitrogens with one attached hydrogen (secondary N) is 3. The van der Waals surface area contributed by atoms with Gasteiger partial charge in [-0.25, -0.2) is 14.9 Å². The van der Waals surface area contributed by atoms with Crippen molar-refractivity contribution in [3.63, 3.8) is 0 Å². The third kappa shape index (κ3) is 5.08. The van der Waals surface area contributed by atoms with Gasteiger partial charge in [0, 0.05) is 28.8 Å². The number of aliphatic hydroxyl groups is 1. The Kier molecular flexibility index (Phi) is 7.30. The Hall–Kier alpha value is -3.78. The largest absolute Gasteiger partial charge is 0.460 e. The topological polar surface area (TPSA) is 145 Å². The molecule has 0 spiro atoms. The first-order chi connectivity index (χ1) is 18.5. The number of aliphatic hydroxyl groups excluding tert-OH is 1. The number of nitro benzene ring substituents is 1. The average molecular weight is 601 g/mol. The number of amidine groups is 1. The van der Waals surface area contributed by atoms with Gasteiger partial charge in [0.05, 0.1) is 22.6 Å². The predicted octanol–water partition coefficient (Wildman–Crippen LogP) is 3.88. The van der Waals surface area contributed by atoms with E-state index in [9.17, 15) is 55.1 Å². The summed E-state index contributed by atoms with van der Waals surface area (Å²) < 4.78 is 106. The zero-order chi connectivity index (χ0) is 29.7. The lowest BCUT2D eigenvalue weighted by atomic mass is 10.0. The molecule has 216 valence electrons. The van der Waals surface area contributed by atoms with Gasteiger partial charge in [0.15, 0.2) is 11.6 Å². The maximum atomic E-state index is 14.5. The highest BCUT2D eigenvalue weighted by molar-refractivity contribution is 8.13. The summed E-state index contributed by atoms with van der Waals surface area (Å²) >= 11 is 0.796. The maximum absolute atomic E-state index is 14.5. The number of hydrazine groups is 2. The van der Waals surface area contributed by atoms with Crippen LogP contribution in [0.5, 0.6) is 0 Å². The fourth-order valence-electron chi connectivity index (χ4n) is 3.44. The fraction of sp³-hybridized carbons (Fsp3) is 0.350. The van der Waals surface area contributed by atoms with Crippen molar-refractivity contribution in [2.75, 3.05) is 11.9 Å². The van der Waals surface area contributed by atoms with Gasteiger partial charge in [-0.05, 0) is 36.7 Å². The zero-order valence-corrected chi connectivity index (χ0v) is 20.2. The van der Waals surface area contributed by atoms with Gasteiger partial charge in [0.2, 0.25) is 5.17 Å². The molecular formula is C20H15F8N7O4S. The van der Waals surface area contributed by atoms with Crippen molar-refractivity contribution in [2.24, 2.45) is 5.10 Å². The molecule has 2 aliphatic rings. The van der Waals surface area contributed by atoms with Crippen LogP contribution in [0.2, 0.25) is 0 Å². The van der Waals surface area contributed by atoms with E-state index in [1.165, 1.54) is 5.01 Å². The molecule has 40 heavy (non-hydrogen) atoms. The SMILES string of the molecule is O=C(Nc1ncc(C(F)(F)C(F)(F)C(F)(F)F)cc1F)c1cc([N+](=O)[O-])ccc1SC1=NNNN1C1(CO)CC1. The molecule has 1 fully saturated rings. The Bertz CT molecular complexity index is 1390. The third-order valence-electron chi connectivity index (χ3n) is 5.91. The molecule has 4 rings (SSSR count). The number of nitro groups is 1. The van der Waals surface area contributed by atoms with E-state index >= 15 is 0 Å². The average Bonchev–Trinajstić information content (AvgIpc) is 3.54. The molecule has 0 saturated heterocycles. The summed E-state index contributed by atoms with van der Waals surface area (Å²) in [6, 6.07) is 2.64. The number of thioether (sulfide) groups is 1. The number of hydrogen-bond donors (Lipinski definition) is 4. The molecule has 0 radical (unpaired) electrons. The second-order valence-corrected chi connectivity index (χ2v) is 9.54. The number of non-ortho nitro benzene ring substituents is 1. The molecule has 0 unspecified atom stereocenters. The van der Waals surface area contributed by atoms with Crippen LogP contribution in [0.1, 0.15) is 28.8 Å².